The van der Waals surface area contributed by atoms with Crippen LogP contribution in [0.25, 0.3) is 0 Å². The molecule has 0 saturated carbocycles. The van der Waals surface area contributed by atoms with Gasteiger partial charge in [0.15, 0.2) is 0 Å². The SMILES string of the molecule is CSCC[C@H](NC(=O)[C@H](C)NC(=O)[C@H](Cc1ccc(O)cc1)NC(=O)CNC(=O)[C@H](CCC(=O)O)NC(=O)CNC(=O)[C@H](CC(C)C)NC(=O)[C@H](Cc1ccccc1)NC(=O)[C@@H](NC(=O)[C@@H](NC(=O)[C@@H](N)CCSC)[C@@H](C)O)[C@@H](C)O)C(=O)N[C@@H](CC(=O)O)C(=O)N[C@@H](Cc1ccc(O)cc1)C(=O)O. The van der Waals surface area contributed by atoms with E-state index in [0.717, 1.165) is 6.92 Å². The predicted octanol–water partition coefficient (Wildman–Crippen LogP) is -3.71. The molecule has 0 saturated heterocycles. The topological polar surface area (TPSA) is 568 Å². The summed E-state index contributed by atoms with van der Waals surface area (Å²) in [6.45, 7) is 5.20. The van der Waals surface area contributed by atoms with Crippen LogP contribution in [0.4, 0.5) is 0 Å². The van der Waals surface area contributed by atoms with E-state index < -0.39 is 200 Å². The van der Waals surface area contributed by atoms with E-state index in [2.05, 4.69) is 63.8 Å². The monoisotopic (exact) mass is 1500 g/mol. The smallest absolute Gasteiger partial charge is 0.326 e. The number of phenols is 2. The number of aromatic hydroxyl groups is 2. The molecular weight excluding hydrogens is 1400 g/mol. The Morgan fingerprint density at radius 2 is 0.798 bits per heavy atom. The summed E-state index contributed by atoms with van der Waals surface area (Å²) in [7, 11) is 0. The number of hydrogen-bond acceptors (Lipinski definition) is 22. The number of carbonyl (C=O) groups excluding carboxylic acids is 12. The Labute approximate surface area is 608 Å². The molecule has 0 unspecified atom stereocenters. The first kappa shape index (κ1) is 88.1. The summed E-state index contributed by atoms with van der Waals surface area (Å²) in [5, 5.41) is 98.3. The molecule has 0 aliphatic carbocycles. The molecular formula is C67H95N13O22S2. The zero-order valence-electron chi connectivity index (χ0n) is 58.4. The molecule has 572 valence electrons. The van der Waals surface area contributed by atoms with E-state index in [1.165, 1.54) is 85.9 Å². The van der Waals surface area contributed by atoms with Gasteiger partial charge in [-0.05, 0) is 117 Å². The lowest BCUT2D eigenvalue weighted by molar-refractivity contribution is -0.143. The summed E-state index contributed by atoms with van der Waals surface area (Å²) in [6, 6.07) is 1.92. The molecule has 0 bridgehead atoms. The molecule has 3 aromatic rings. The summed E-state index contributed by atoms with van der Waals surface area (Å²) in [4.78, 5) is 200. The molecule has 3 aromatic carbocycles. The van der Waals surface area contributed by atoms with E-state index in [4.69, 9.17) is 5.73 Å². The Hall–Kier alpha value is -10.1. The standard InChI is InChI=1S/C67H95N13O22S2/c1-34(2)27-46(75-63(97)48(28-38-11-9-8-10-12-38)77-65(99)55(36(4)81)80-66(100)56(37(5)82)79-58(92)43(68)23-25-103-6)60(94)70-32-51(85)72-44(21-22-53(87)88)59(93)69-33-52(86)73-47(29-39-13-17-41(83)18-14-39)62(96)71-35(3)57(91)74-45(24-26-104-7)61(95)76-49(31-54(89)90)64(98)78-50(67(101)102)30-40-15-19-42(84)20-16-40/h8-20,34-37,43-50,55-56,81-84H,21-33,68H2,1-7H3,(H,69,93)(H,70,94)(H,71,96)(H,72,85)(H,73,86)(H,74,91)(H,75,97)(H,76,95)(H,77,99)(H,78,98)(H,79,92)(H,80,100)(H,87,88)(H,89,90)(H,101,102)/t35-,36+,37+,43-,44-,45-,46-,47-,48-,49-,50-,55-,56-/m0/s1. The number of hydrogen-bond donors (Lipinski definition) is 20. The number of carbonyl (C=O) groups is 15. The van der Waals surface area contributed by atoms with Crippen LogP contribution in [0.5, 0.6) is 11.5 Å². The van der Waals surface area contributed by atoms with Gasteiger partial charge >= 0.3 is 17.9 Å². The summed E-state index contributed by atoms with van der Waals surface area (Å²) in [5.41, 5.74) is 7.20. The Morgan fingerprint density at radius 1 is 0.404 bits per heavy atom. The minimum atomic E-state index is -1.86. The van der Waals surface area contributed by atoms with Gasteiger partial charge in [-0.25, -0.2) is 4.79 Å². The average molecular weight is 1500 g/mol. The van der Waals surface area contributed by atoms with E-state index in [0.29, 0.717) is 22.4 Å². The van der Waals surface area contributed by atoms with E-state index in [-0.39, 0.29) is 61.7 Å². The van der Waals surface area contributed by atoms with Crippen molar-refractivity contribution in [2.24, 2.45) is 11.7 Å². The van der Waals surface area contributed by atoms with Gasteiger partial charge < -0.3 is 105 Å². The first-order chi connectivity index (χ1) is 49.0. The fraction of sp³-hybridized carbons (Fsp3) is 0.507. The van der Waals surface area contributed by atoms with Gasteiger partial charge in [0.25, 0.3) is 0 Å². The number of rotatable bonds is 46. The maximum Gasteiger partial charge on any atom is 0.326 e. The Kier molecular flexibility index (Phi) is 38.2. The number of aliphatic hydroxyl groups is 2. The molecule has 0 heterocycles. The normalized spacial score (nSPS) is 14.8. The number of thioether (sulfide) groups is 2. The van der Waals surface area contributed by atoms with Crippen molar-refractivity contribution >= 4 is 112 Å². The van der Waals surface area contributed by atoms with Crippen LogP contribution in [0.15, 0.2) is 78.9 Å². The fourth-order valence-corrected chi connectivity index (χ4v) is 10.8. The summed E-state index contributed by atoms with van der Waals surface area (Å²) >= 11 is 2.67. The van der Waals surface area contributed by atoms with E-state index >= 15 is 0 Å². The third kappa shape index (κ3) is 32.5. The second-order valence-corrected chi connectivity index (χ2v) is 26.7. The molecule has 13 atom stereocenters. The third-order valence-electron chi connectivity index (χ3n) is 15.5. The average Bonchev–Trinajstić information content (AvgIpc) is 0.886. The Balaban J connectivity index is 1.77. The first-order valence-corrected chi connectivity index (χ1v) is 35.7. The van der Waals surface area contributed by atoms with Crippen LogP contribution < -0.4 is 69.5 Å². The Bertz CT molecular complexity index is 3430. The number of amides is 12. The highest BCUT2D eigenvalue weighted by Gasteiger charge is 2.38. The number of benzene rings is 3. The van der Waals surface area contributed by atoms with Crippen molar-refractivity contribution in [2.45, 2.75) is 171 Å². The molecule has 0 aliphatic heterocycles. The van der Waals surface area contributed by atoms with Gasteiger partial charge in [-0.3, -0.25) is 67.1 Å². The molecule has 3 rings (SSSR count). The van der Waals surface area contributed by atoms with E-state index in [1.54, 1.807) is 56.7 Å². The molecule has 0 aliphatic rings. The molecule has 0 radical (unpaired) electrons. The third-order valence-corrected chi connectivity index (χ3v) is 16.8. The zero-order chi connectivity index (χ0) is 77.9. The van der Waals surface area contributed by atoms with Gasteiger partial charge in [0.2, 0.25) is 70.9 Å². The summed E-state index contributed by atoms with van der Waals surface area (Å²) in [6.07, 6.45) is -2.69. The molecule has 35 nitrogen and oxygen atoms in total. The molecule has 0 fully saturated rings. The second kappa shape index (κ2) is 45.1. The van der Waals surface area contributed by atoms with Crippen molar-refractivity contribution < 1.29 is 108 Å². The number of carboxylic acid groups (broad SMARTS) is 3. The predicted molar refractivity (Wildman–Crippen MR) is 378 cm³/mol. The van der Waals surface area contributed by atoms with Gasteiger partial charge in [0.05, 0.1) is 37.8 Å². The number of aliphatic hydroxyl groups excluding tert-OH is 2. The lowest BCUT2D eigenvalue weighted by atomic mass is 10.0. The van der Waals surface area contributed by atoms with Gasteiger partial charge in [-0.1, -0.05) is 68.4 Å². The van der Waals surface area contributed by atoms with Gasteiger partial charge in [-0.2, -0.15) is 23.5 Å². The molecule has 21 N–H and O–H groups in total. The van der Waals surface area contributed by atoms with Crippen LogP contribution in [0, 0.1) is 5.92 Å². The summed E-state index contributed by atoms with van der Waals surface area (Å²) < 4.78 is 0. The lowest BCUT2D eigenvalue weighted by Gasteiger charge is -2.29. The van der Waals surface area contributed by atoms with Crippen LogP contribution in [-0.4, -0.2) is 240 Å². The number of nitrogens with two attached hydrogens (primary N) is 1. The highest BCUT2D eigenvalue weighted by Crippen LogP contribution is 2.16. The second-order valence-electron chi connectivity index (χ2n) is 24.8. The van der Waals surface area contributed by atoms with Crippen LogP contribution in [0.3, 0.4) is 0 Å². The largest absolute Gasteiger partial charge is 0.508 e. The van der Waals surface area contributed by atoms with Crippen molar-refractivity contribution in [1.29, 1.82) is 0 Å². The van der Waals surface area contributed by atoms with E-state index in [9.17, 15) is 108 Å². The van der Waals surface area contributed by atoms with Gasteiger partial charge in [-0.15, -0.1) is 0 Å². The van der Waals surface area contributed by atoms with Crippen molar-refractivity contribution in [1.82, 2.24) is 63.8 Å². The molecule has 37 heteroatoms. The van der Waals surface area contributed by atoms with Crippen molar-refractivity contribution in [2.75, 3.05) is 37.1 Å². The highest BCUT2D eigenvalue weighted by molar-refractivity contribution is 7.98. The number of aliphatic carboxylic acids is 3. The minimum absolute atomic E-state index is 0.0577. The number of nitrogens with one attached hydrogen (secondary N) is 12. The van der Waals surface area contributed by atoms with Crippen LogP contribution >= 0.6 is 23.5 Å². The maximum absolute atomic E-state index is 14.3. The van der Waals surface area contributed by atoms with Crippen LogP contribution in [0.2, 0.25) is 0 Å². The number of phenolic OH excluding ortho intramolecular Hbond substituents is 2. The van der Waals surface area contributed by atoms with Gasteiger partial charge in [0.1, 0.15) is 71.9 Å². The van der Waals surface area contributed by atoms with Gasteiger partial charge in [0, 0.05) is 25.7 Å². The highest BCUT2D eigenvalue weighted by atomic mass is 32.2. The quantitative estimate of drug-likeness (QED) is 0.0259. The van der Waals surface area contributed by atoms with E-state index in [1.807, 2.05) is 0 Å². The molecule has 104 heavy (non-hydrogen) atoms. The van der Waals surface area contributed by atoms with Crippen molar-refractivity contribution in [3.63, 3.8) is 0 Å². The maximum atomic E-state index is 14.3. The van der Waals surface area contributed by atoms with Crippen LogP contribution in [0.1, 0.15) is 89.8 Å². The first-order valence-electron chi connectivity index (χ1n) is 32.9. The Morgan fingerprint density at radius 3 is 1.29 bits per heavy atom. The number of carboxylic acids is 3. The summed E-state index contributed by atoms with van der Waals surface area (Å²) in [5.74, 6) is -16.6. The molecule has 12 amide bonds. The minimum Gasteiger partial charge on any atom is -0.508 e. The van der Waals surface area contributed by atoms with Crippen molar-refractivity contribution in [3.05, 3.63) is 95.6 Å². The van der Waals surface area contributed by atoms with Crippen molar-refractivity contribution in [3.8, 4) is 11.5 Å². The van der Waals surface area contributed by atoms with Crippen LogP contribution in [-0.2, 0) is 91.2 Å². The molecule has 0 aromatic heterocycles. The fourth-order valence-electron chi connectivity index (χ4n) is 9.85. The zero-order valence-corrected chi connectivity index (χ0v) is 60.1. The molecule has 0 spiro atoms. The lowest BCUT2D eigenvalue weighted by Crippen LogP contribution is -2.63.